The van der Waals surface area contributed by atoms with Crippen LogP contribution in [0, 0.1) is 5.41 Å². The molecule has 4 rings (SSSR count). The van der Waals surface area contributed by atoms with Crippen LogP contribution in [0.3, 0.4) is 0 Å². The summed E-state index contributed by atoms with van der Waals surface area (Å²) in [7, 11) is -3.20. The second-order valence-corrected chi connectivity index (χ2v) is 11.7. The van der Waals surface area contributed by atoms with Gasteiger partial charge in [-0.15, -0.1) is 0 Å². The van der Waals surface area contributed by atoms with Gasteiger partial charge in [0, 0.05) is 24.4 Å². The quantitative estimate of drug-likeness (QED) is 0.603. The van der Waals surface area contributed by atoms with Crippen LogP contribution in [0.4, 0.5) is 0 Å². The molecule has 0 aliphatic carbocycles. The zero-order valence-electron chi connectivity index (χ0n) is 18.6. The van der Waals surface area contributed by atoms with Crippen molar-refractivity contribution in [1.82, 2.24) is 9.80 Å². The van der Waals surface area contributed by atoms with Gasteiger partial charge in [0.05, 0.1) is 10.3 Å². The number of hydrogen-bond acceptors (Lipinski definition) is 4. The fraction of sp³-hybridized carbons (Fsp3) is 0.480. The van der Waals surface area contributed by atoms with Crippen LogP contribution in [0.15, 0.2) is 53.4 Å². The monoisotopic (exact) mass is 474 g/mol. The Morgan fingerprint density at radius 2 is 1.50 bits per heavy atom. The summed E-state index contributed by atoms with van der Waals surface area (Å²) in [6.07, 6.45) is 6.14. The van der Waals surface area contributed by atoms with Gasteiger partial charge >= 0.3 is 0 Å². The highest BCUT2D eigenvalue weighted by molar-refractivity contribution is 7.90. The SMILES string of the molecule is CS(=O)(=O)c1ccc(CN2CCC3(CCN(CCCc4ccc(Cl)cc4)CC3)C2=O)cc1. The van der Waals surface area contributed by atoms with Crippen molar-refractivity contribution in [3.05, 3.63) is 64.7 Å². The van der Waals surface area contributed by atoms with Crippen molar-refractivity contribution in [3.8, 4) is 0 Å². The van der Waals surface area contributed by atoms with Gasteiger partial charge in [0.2, 0.25) is 5.91 Å². The van der Waals surface area contributed by atoms with E-state index in [0.29, 0.717) is 11.4 Å². The Labute approximate surface area is 196 Å². The third kappa shape index (κ3) is 5.36. The molecule has 2 aliphatic rings. The zero-order chi connectivity index (χ0) is 22.8. The second-order valence-electron chi connectivity index (χ2n) is 9.24. The number of halogens is 1. The van der Waals surface area contributed by atoms with E-state index in [2.05, 4.69) is 17.0 Å². The van der Waals surface area contributed by atoms with Gasteiger partial charge < -0.3 is 9.80 Å². The molecular weight excluding hydrogens is 444 g/mol. The first kappa shape index (κ1) is 23.3. The van der Waals surface area contributed by atoms with Crippen LogP contribution >= 0.6 is 11.6 Å². The smallest absolute Gasteiger partial charge is 0.229 e. The molecule has 0 unspecified atom stereocenters. The lowest BCUT2D eigenvalue weighted by Gasteiger charge is -2.38. The van der Waals surface area contributed by atoms with E-state index < -0.39 is 9.84 Å². The zero-order valence-corrected chi connectivity index (χ0v) is 20.2. The minimum Gasteiger partial charge on any atom is -0.338 e. The summed E-state index contributed by atoms with van der Waals surface area (Å²) in [5.74, 6) is 0.269. The van der Waals surface area contributed by atoms with Gasteiger partial charge in [-0.3, -0.25) is 4.79 Å². The molecule has 2 fully saturated rings. The molecule has 0 N–H and O–H groups in total. The molecule has 1 spiro atoms. The van der Waals surface area contributed by atoms with E-state index in [1.165, 1.54) is 11.8 Å². The molecule has 5 nitrogen and oxygen atoms in total. The molecule has 2 heterocycles. The summed E-state index contributed by atoms with van der Waals surface area (Å²) in [4.78, 5) is 18.0. The first-order valence-corrected chi connectivity index (χ1v) is 13.6. The number of piperidine rings is 1. The molecule has 0 aromatic heterocycles. The Morgan fingerprint density at radius 3 is 2.12 bits per heavy atom. The number of hydrogen-bond donors (Lipinski definition) is 0. The standard InChI is InChI=1S/C25H31ClN2O3S/c1-32(30,31)23-10-6-21(7-11-23)19-28-18-14-25(24(28)29)12-16-27(17-13-25)15-2-3-20-4-8-22(26)9-5-20/h4-11H,2-3,12-19H2,1H3. The highest BCUT2D eigenvalue weighted by atomic mass is 35.5. The predicted octanol–water partition coefficient (Wildman–Crippen LogP) is 4.19. The number of carbonyl (C=O) groups is 1. The second kappa shape index (κ2) is 9.54. The van der Waals surface area contributed by atoms with Gasteiger partial charge in [0.25, 0.3) is 0 Å². The van der Waals surface area contributed by atoms with Gasteiger partial charge in [-0.2, -0.15) is 0 Å². The van der Waals surface area contributed by atoms with Gasteiger partial charge in [0.15, 0.2) is 9.84 Å². The molecule has 32 heavy (non-hydrogen) atoms. The average Bonchev–Trinajstić information content (AvgIpc) is 3.06. The average molecular weight is 475 g/mol. The van der Waals surface area contributed by atoms with E-state index >= 15 is 0 Å². The maximum absolute atomic E-state index is 13.2. The van der Waals surface area contributed by atoms with E-state index in [1.54, 1.807) is 12.1 Å². The van der Waals surface area contributed by atoms with Crippen LogP contribution in [0.2, 0.25) is 5.02 Å². The van der Waals surface area contributed by atoms with E-state index in [-0.39, 0.29) is 11.3 Å². The van der Waals surface area contributed by atoms with Gasteiger partial charge in [-0.1, -0.05) is 35.9 Å². The molecule has 7 heteroatoms. The van der Waals surface area contributed by atoms with Gasteiger partial charge in [0.1, 0.15) is 0 Å². The molecule has 0 saturated carbocycles. The summed E-state index contributed by atoms with van der Waals surface area (Å²) in [6.45, 7) is 4.34. The molecule has 2 aliphatic heterocycles. The molecule has 2 aromatic carbocycles. The number of amides is 1. The summed E-state index contributed by atoms with van der Waals surface area (Å²) in [5.41, 5.74) is 2.08. The Balaban J connectivity index is 1.26. The summed E-state index contributed by atoms with van der Waals surface area (Å²) in [6, 6.07) is 15.0. The molecule has 0 radical (unpaired) electrons. The number of carbonyl (C=O) groups excluding carboxylic acids is 1. The molecule has 172 valence electrons. The lowest BCUT2D eigenvalue weighted by molar-refractivity contribution is -0.138. The molecule has 2 saturated heterocycles. The Morgan fingerprint density at radius 1 is 0.906 bits per heavy atom. The van der Waals surface area contributed by atoms with E-state index in [0.717, 1.165) is 68.9 Å². The fourth-order valence-electron chi connectivity index (χ4n) is 4.93. The fourth-order valence-corrected chi connectivity index (χ4v) is 5.69. The lowest BCUT2D eigenvalue weighted by Crippen LogP contribution is -2.44. The number of likely N-dealkylation sites (tertiary alicyclic amines) is 2. The Kier molecular flexibility index (Phi) is 6.94. The van der Waals surface area contributed by atoms with Gasteiger partial charge in [-0.25, -0.2) is 8.42 Å². The highest BCUT2D eigenvalue weighted by Gasteiger charge is 2.47. The summed E-state index contributed by atoms with van der Waals surface area (Å²) < 4.78 is 23.3. The van der Waals surface area contributed by atoms with Crippen LogP contribution < -0.4 is 0 Å². The van der Waals surface area contributed by atoms with Crippen LogP contribution in [-0.4, -0.2) is 56.6 Å². The highest BCUT2D eigenvalue weighted by Crippen LogP contribution is 2.42. The molecule has 0 atom stereocenters. The largest absolute Gasteiger partial charge is 0.338 e. The number of benzene rings is 2. The van der Waals surface area contributed by atoms with Crippen molar-refractivity contribution < 1.29 is 13.2 Å². The number of nitrogens with zero attached hydrogens (tertiary/aromatic N) is 2. The minimum absolute atomic E-state index is 0.209. The third-order valence-electron chi connectivity index (χ3n) is 6.99. The van der Waals surface area contributed by atoms with Crippen LogP contribution in [0.5, 0.6) is 0 Å². The van der Waals surface area contributed by atoms with Crippen molar-refractivity contribution in [2.45, 2.75) is 43.5 Å². The van der Waals surface area contributed by atoms with Crippen molar-refractivity contribution in [1.29, 1.82) is 0 Å². The molecular formula is C25H31ClN2O3S. The Hall–Kier alpha value is -1.89. The number of aryl methyl sites for hydroxylation is 1. The lowest BCUT2D eigenvalue weighted by atomic mass is 9.77. The van der Waals surface area contributed by atoms with E-state index in [9.17, 15) is 13.2 Å². The maximum Gasteiger partial charge on any atom is 0.229 e. The van der Waals surface area contributed by atoms with E-state index in [1.807, 2.05) is 29.2 Å². The molecule has 1 amide bonds. The number of rotatable bonds is 7. The number of sulfone groups is 1. The minimum atomic E-state index is -3.20. The first-order valence-electron chi connectivity index (χ1n) is 11.3. The maximum atomic E-state index is 13.2. The van der Waals surface area contributed by atoms with Crippen LogP contribution in [0.25, 0.3) is 0 Å². The topological polar surface area (TPSA) is 57.7 Å². The predicted molar refractivity (Wildman–Crippen MR) is 127 cm³/mol. The van der Waals surface area contributed by atoms with Gasteiger partial charge in [-0.05, 0) is 87.1 Å². The van der Waals surface area contributed by atoms with Crippen molar-refractivity contribution in [2.24, 2.45) is 5.41 Å². The third-order valence-corrected chi connectivity index (χ3v) is 8.37. The Bertz CT molecular complexity index is 1040. The van der Waals surface area contributed by atoms with Crippen LogP contribution in [0.1, 0.15) is 36.8 Å². The van der Waals surface area contributed by atoms with Crippen molar-refractivity contribution in [2.75, 3.05) is 32.4 Å². The molecule has 0 bridgehead atoms. The van der Waals surface area contributed by atoms with E-state index in [4.69, 9.17) is 11.6 Å². The first-order chi connectivity index (χ1) is 15.2. The summed E-state index contributed by atoms with van der Waals surface area (Å²) in [5, 5.41) is 0.774. The summed E-state index contributed by atoms with van der Waals surface area (Å²) >= 11 is 5.96. The van der Waals surface area contributed by atoms with Crippen LogP contribution in [-0.2, 0) is 27.6 Å². The van der Waals surface area contributed by atoms with Crippen molar-refractivity contribution >= 4 is 27.3 Å². The van der Waals surface area contributed by atoms with Crippen molar-refractivity contribution in [3.63, 3.8) is 0 Å². The molecule has 2 aromatic rings. The normalized spacial score (nSPS) is 19.1.